The lowest BCUT2D eigenvalue weighted by molar-refractivity contribution is -0.727. The van der Waals surface area contributed by atoms with Crippen LogP contribution in [0.3, 0.4) is 0 Å². The SMILES string of the molecule is CC[C@@H](C)NC(=O)c1cc[n+](COC(=O)N[C@@H](C)Cc2ccccc2)cc1.C[C@@H](Cc1ccccc1)NC(=O)OC[n+]1ccc(C(=O)N[C@@H](CO)C(=O)O)cc1.[Cl-]. The fourth-order valence-corrected chi connectivity index (χ4v) is 5.02. The van der Waals surface area contributed by atoms with Crippen LogP contribution in [0.4, 0.5) is 9.59 Å². The maximum Gasteiger partial charge on any atom is 0.412 e. The van der Waals surface area contributed by atoms with E-state index < -0.39 is 36.7 Å². The van der Waals surface area contributed by atoms with E-state index in [1.54, 1.807) is 33.7 Å². The number of carbonyl (C=O) groups excluding carboxylic acids is 4. The molecule has 306 valence electrons. The van der Waals surface area contributed by atoms with Crippen molar-refractivity contribution in [3.8, 4) is 0 Å². The molecule has 0 bridgehead atoms. The lowest BCUT2D eigenvalue weighted by atomic mass is 10.1. The highest BCUT2D eigenvalue weighted by Gasteiger charge is 2.20. The Morgan fingerprint density at radius 3 is 1.33 bits per heavy atom. The number of pyridine rings is 2. The lowest BCUT2D eigenvalue weighted by Crippen LogP contribution is -3.00. The van der Waals surface area contributed by atoms with Crippen LogP contribution in [0.1, 0.15) is 66.0 Å². The third-order valence-electron chi connectivity index (χ3n) is 8.27. The Labute approximate surface area is 338 Å². The van der Waals surface area contributed by atoms with Crippen LogP contribution in [-0.4, -0.2) is 71.0 Å². The summed E-state index contributed by atoms with van der Waals surface area (Å²) in [7, 11) is 0. The molecule has 4 amide bonds. The number of nitrogens with zero attached hydrogens (tertiary/aromatic N) is 2. The topological polar surface area (TPSA) is 200 Å². The second-order valence-corrected chi connectivity index (χ2v) is 13.1. The number of aromatic nitrogens is 2. The van der Waals surface area contributed by atoms with Crippen LogP contribution in [-0.2, 0) is 40.6 Å². The second kappa shape index (κ2) is 25.2. The smallest absolute Gasteiger partial charge is 0.412 e. The summed E-state index contributed by atoms with van der Waals surface area (Å²) in [5.74, 6) is -2.07. The molecule has 0 saturated heterocycles. The number of halogens is 1. The molecule has 0 spiro atoms. The average Bonchev–Trinajstić information content (AvgIpc) is 3.19. The molecule has 2 aromatic heterocycles. The van der Waals surface area contributed by atoms with E-state index in [2.05, 4.69) is 21.3 Å². The normalized spacial score (nSPS) is 12.4. The van der Waals surface area contributed by atoms with E-state index in [9.17, 15) is 24.0 Å². The van der Waals surface area contributed by atoms with E-state index in [0.29, 0.717) is 12.0 Å². The van der Waals surface area contributed by atoms with Crippen molar-refractivity contribution in [1.82, 2.24) is 21.3 Å². The third kappa shape index (κ3) is 18.0. The summed E-state index contributed by atoms with van der Waals surface area (Å²) in [4.78, 5) is 58.7. The monoisotopic (exact) mass is 807 g/mol. The van der Waals surface area contributed by atoms with Gasteiger partial charge in [-0.05, 0) is 51.2 Å². The molecule has 6 N–H and O–H groups in total. The number of benzene rings is 2. The Morgan fingerprint density at radius 2 is 0.982 bits per heavy atom. The zero-order valence-electron chi connectivity index (χ0n) is 32.5. The van der Waals surface area contributed by atoms with E-state index in [1.165, 1.54) is 24.5 Å². The number of aliphatic hydroxyl groups excluding tert-OH is 1. The number of ether oxygens (including phenoxy) is 2. The van der Waals surface area contributed by atoms with Crippen molar-refractivity contribution >= 4 is 30.0 Å². The van der Waals surface area contributed by atoms with Gasteiger partial charge in [-0.15, -0.1) is 0 Å². The fraction of sp³-hybridized carbons (Fsp3) is 0.341. The number of carboxylic acid groups (broad SMARTS) is 1. The van der Waals surface area contributed by atoms with E-state index in [0.717, 1.165) is 24.0 Å². The van der Waals surface area contributed by atoms with Crippen LogP contribution in [0.5, 0.6) is 0 Å². The summed E-state index contributed by atoms with van der Waals surface area (Å²) >= 11 is 0. The second-order valence-electron chi connectivity index (χ2n) is 13.1. The molecular formula is C41H52ClN6O9+. The highest BCUT2D eigenvalue weighted by Crippen LogP contribution is 2.05. The first kappa shape index (κ1) is 47.1. The minimum atomic E-state index is -1.38. The number of amides is 4. The Balaban J connectivity index is 0.000000388. The van der Waals surface area contributed by atoms with Crippen molar-refractivity contribution in [3.05, 3.63) is 132 Å². The van der Waals surface area contributed by atoms with Gasteiger partial charge >= 0.3 is 18.2 Å². The van der Waals surface area contributed by atoms with Crippen molar-refractivity contribution in [2.24, 2.45) is 0 Å². The largest absolute Gasteiger partial charge is 1.00 e. The molecule has 4 aromatic rings. The van der Waals surface area contributed by atoms with Gasteiger partial charge in [0.1, 0.15) is 0 Å². The molecule has 4 atom stereocenters. The standard InChI is InChI=1S/C21H27N3O3.C20H23N3O6.ClH/c1-4-16(2)22-20(25)19-10-12-24(13-11-19)15-27-21(26)23-17(3)14-18-8-6-5-7-9-18;1-14(11-15-5-3-2-4-6-15)21-20(28)29-13-23-9-7-16(8-10-23)18(25)22-17(12-24)19(26)27;/h5-13,16-17H,4,14-15H2,1-3H3,(H-,22,23,25,26);2-10,14,17,24H,11-13H2,1H3,(H2-,21,22,25,26,27,28);1H/p+1/t16-,17+;14-,17-;/m10./s1. The summed E-state index contributed by atoms with van der Waals surface area (Å²) in [6, 6.07) is 24.7. The average molecular weight is 808 g/mol. The van der Waals surface area contributed by atoms with Crippen LogP contribution in [0.25, 0.3) is 0 Å². The molecule has 0 unspecified atom stereocenters. The summed E-state index contributed by atoms with van der Waals surface area (Å²) in [5, 5.41) is 28.5. The lowest BCUT2D eigenvalue weighted by Gasteiger charge is -2.13. The van der Waals surface area contributed by atoms with Gasteiger partial charge in [-0.3, -0.25) is 9.59 Å². The predicted octanol–water partition coefficient (Wildman–Crippen LogP) is 0.286. The van der Waals surface area contributed by atoms with Crippen LogP contribution in [0.2, 0.25) is 0 Å². The van der Waals surface area contributed by atoms with Gasteiger partial charge in [-0.25, -0.2) is 14.4 Å². The highest BCUT2D eigenvalue weighted by molar-refractivity contribution is 5.96. The fourth-order valence-electron chi connectivity index (χ4n) is 5.02. The molecule has 15 nitrogen and oxygen atoms in total. The molecular weight excluding hydrogens is 756 g/mol. The van der Waals surface area contributed by atoms with Gasteiger partial charge < -0.3 is 53.4 Å². The molecule has 0 fully saturated rings. The number of aliphatic carboxylic acids is 1. The van der Waals surface area contributed by atoms with Gasteiger partial charge in [0, 0.05) is 42.4 Å². The van der Waals surface area contributed by atoms with Crippen molar-refractivity contribution in [3.63, 3.8) is 0 Å². The number of carboxylic acids is 1. The maximum absolute atomic E-state index is 12.0. The Kier molecular flexibility index (Phi) is 20.8. The molecule has 0 aliphatic rings. The van der Waals surface area contributed by atoms with Crippen LogP contribution in [0.15, 0.2) is 110 Å². The van der Waals surface area contributed by atoms with E-state index in [1.807, 2.05) is 88.4 Å². The molecule has 2 aromatic carbocycles. The van der Waals surface area contributed by atoms with Crippen molar-refractivity contribution < 1.29 is 65.2 Å². The van der Waals surface area contributed by atoms with Gasteiger partial charge in [0.15, 0.2) is 30.8 Å². The van der Waals surface area contributed by atoms with E-state index in [-0.39, 0.29) is 55.5 Å². The zero-order chi connectivity index (χ0) is 40.9. The number of hydrogen-bond acceptors (Lipinski definition) is 8. The minimum Gasteiger partial charge on any atom is -1.00 e. The molecule has 0 radical (unpaired) electrons. The van der Waals surface area contributed by atoms with E-state index in [4.69, 9.17) is 19.7 Å². The van der Waals surface area contributed by atoms with Gasteiger partial charge in [0.05, 0.1) is 17.7 Å². The predicted molar refractivity (Wildman–Crippen MR) is 205 cm³/mol. The molecule has 57 heavy (non-hydrogen) atoms. The number of aliphatic hydroxyl groups is 1. The first-order valence-corrected chi connectivity index (χ1v) is 18.2. The first-order valence-electron chi connectivity index (χ1n) is 18.2. The van der Waals surface area contributed by atoms with Crippen molar-refractivity contribution in [2.75, 3.05) is 6.61 Å². The summed E-state index contributed by atoms with van der Waals surface area (Å²) < 4.78 is 13.6. The minimum absolute atomic E-state index is 0. The first-order chi connectivity index (χ1) is 26.9. The maximum atomic E-state index is 12.0. The summed E-state index contributed by atoms with van der Waals surface area (Å²) in [6.45, 7) is 7.12. The van der Waals surface area contributed by atoms with E-state index >= 15 is 0 Å². The third-order valence-corrected chi connectivity index (χ3v) is 8.27. The number of carbonyl (C=O) groups is 5. The molecule has 2 heterocycles. The number of alkyl carbamates (subject to hydrolysis) is 2. The highest BCUT2D eigenvalue weighted by atomic mass is 35.5. The quantitative estimate of drug-likeness (QED) is 0.0812. The zero-order valence-corrected chi connectivity index (χ0v) is 33.2. The van der Waals surface area contributed by atoms with Gasteiger partial charge in [0.2, 0.25) is 0 Å². The van der Waals surface area contributed by atoms with Crippen LogP contribution in [0, 0.1) is 0 Å². The Bertz CT molecular complexity index is 1840. The van der Waals surface area contributed by atoms with Crippen molar-refractivity contribution in [2.45, 2.75) is 84.6 Å². The molecule has 0 aliphatic heterocycles. The summed E-state index contributed by atoms with van der Waals surface area (Å²) in [6.07, 6.45) is 7.73. The van der Waals surface area contributed by atoms with Crippen LogP contribution < -0.4 is 42.8 Å². The van der Waals surface area contributed by atoms with Gasteiger partial charge in [0.25, 0.3) is 25.3 Å². The summed E-state index contributed by atoms with van der Waals surface area (Å²) in [5.41, 5.74) is 3.05. The van der Waals surface area contributed by atoms with Crippen LogP contribution >= 0.6 is 0 Å². The van der Waals surface area contributed by atoms with Gasteiger partial charge in [-0.1, -0.05) is 67.6 Å². The number of nitrogens with one attached hydrogen (secondary N) is 4. The molecule has 16 heteroatoms. The molecule has 4 rings (SSSR count). The number of rotatable bonds is 17. The number of hydrogen-bond donors (Lipinski definition) is 6. The Hall–Kier alpha value is -6.06. The Morgan fingerprint density at radius 1 is 0.596 bits per heavy atom. The molecule has 0 aliphatic carbocycles. The van der Waals surface area contributed by atoms with Crippen molar-refractivity contribution in [1.29, 1.82) is 0 Å². The van der Waals surface area contributed by atoms with Gasteiger partial charge in [-0.2, -0.15) is 9.13 Å². The molecule has 0 saturated carbocycles.